The standard InChI is InChI=1S/C30H35F3IN3O6/c1-29(2,17-34)21-9-7-19(8-10-21)23(15-18-3-5-20(6-4-18)27(40)35-14-13-26(38)39)28(41)36-22-11-12-25(37(42)43)24(16-22)30(31,32)33/h3-6,11-12,16,19,21,23H,7-10,13-15,17H2,1-2H3,(H,35,40)(H,36,41)(H,38,39). The number of carbonyl (C=O) groups excluding carboxylic acids is 2. The van der Waals surface area contributed by atoms with Gasteiger partial charge in [0, 0.05) is 34.2 Å². The predicted octanol–water partition coefficient (Wildman–Crippen LogP) is 6.88. The van der Waals surface area contributed by atoms with Crippen molar-refractivity contribution in [3.63, 3.8) is 0 Å². The minimum atomic E-state index is -4.98. The molecule has 1 aliphatic rings. The van der Waals surface area contributed by atoms with Crippen LogP contribution in [0.3, 0.4) is 0 Å². The number of benzene rings is 2. The van der Waals surface area contributed by atoms with Crippen molar-refractivity contribution in [2.75, 3.05) is 16.3 Å². The number of aliphatic carboxylic acids is 1. The number of hydrogen-bond donors (Lipinski definition) is 3. The van der Waals surface area contributed by atoms with Crippen molar-refractivity contribution in [2.24, 2.45) is 23.2 Å². The van der Waals surface area contributed by atoms with E-state index in [4.69, 9.17) is 5.11 Å². The van der Waals surface area contributed by atoms with E-state index in [2.05, 4.69) is 47.1 Å². The molecule has 1 aliphatic carbocycles. The van der Waals surface area contributed by atoms with Crippen LogP contribution in [0.1, 0.15) is 67.4 Å². The summed E-state index contributed by atoms with van der Waals surface area (Å²) in [6.45, 7) is 4.43. The number of alkyl halides is 4. The molecule has 0 aromatic heterocycles. The van der Waals surface area contributed by atoms with Crippen LogP contribution in [-0.2, 0) is 22.2 Å². The van der Waals surface area contributed by atoms with Crippen LogP contribution in [0.2, 0.25) is 0 Å². The van der Waals surface area contributed by atoms with Crippen LogP contribution < -0.4 is 10.6 Å². The average Bonchev–Trinajstić information content (AvgIpc) is 2.95. The van der Waals surface area contributed by atoms with Gasteiger partial charge in [-0.25, -0.2) is 0 Å². The lowest BCUT2D eigenvalue weighted by molar-refractivity contribution is -0.388. The monoisotopic (exact) mass is 717 g/mol. The number of nitrogens with zero attached hydrogens (tertiary/aromatic N) is 1. The van der Waals surface area contributed by atoms with Crippen LogP contribution in [0.25, 0.3) is 0 Å². The van der Waals surface area contributed by atoms with Gasteiger partial charge < -0.3 is 15.7 Å². The minimum absolute atomic E-state index is 0.0199. The number of anilines is 1. The third kappa shape index (κ3) is 9.38. The van der Waals surface area contributed by atoms with Gasteiger partial charge in [0.05, 0.1) is 11.3 Å². The van der Waals surface area contributed by atoms with Crippen molar-refractivity contribution >= 4 is 51.7 Å². The fourth-order valence-electron chi connectivity index (χ4n) is 5.55. The second-order valence-electron chi connectivity index (χ2n) is 11.6. The zero-order valence-corrected chi connectivity index (χ0v) is 26.0. The number of carbonyl (C=O) groups is 3. The molecule has 43 heavy (non-hydrogen) atoms. The topological polar surface area (TPSA) is 139 Å². The summed E-state index contributed by atoms with van der Waals surface area (Å²) >= 11 is 2.38. The Kier molecular flexibility index (Phi) is 11.6. The Labute approximate surface area is 261 Å². The summed E-state index contributed by atoms with van der Waals surface area (Å²) in [4.78, 5) is 46.7. The molecule has 0 aliphatic heterocycles. The second kappa shape index (κ2) is 14.5. The summed E-state index contributed by atoms with van der Waals surface area (Å²) in [5.41, 5.74) is -1.51. The van der Waals surface area contributed by atoms with Gasteiger partial charge >= 0.3 is 12.1 Å². The van der Waals surface area contributed by atoms with E-state index in [0.29, 0.717) is 17.5 Å². The van der Waals surface area contributed by atoms with Gasteiger partial charge in [-0.15, -0.1) is 0 Å². The van der Waals surface area contributed by atoms with Crippen molar-refractivity contribution in [3.05, 3.63) is 69.3 Å². The first-order valence-electron chi connectivity index (χ1n) is 13.9. The number of hydrogen-bond acceptors (Lipinski definition) is 5. The number of nitro benzene ring substituents is 1. The molecule has 1 atom stereocenters. The number of carboxylic acid groups (broad SMARTS) is 1. The van der Waals surface area contributed by atoms with Gasteiger partial charge in [-0.2, -0.15) is 13.2 Å². The Morgan fingerprint density at radius 2 is 1.70 bits per heavy atom. The Balaban J connectivity index is 1.83. The quantitative estimate of drug-likeness (QED) is 0.0947. The number of nitrogens with one attached hydrogen (secondary N) is 2. The van der Waals surface area contributed by atoms with Crippen LogP contribution in [0.5, 0.6) is 0 Å². The van der Waals surface area contributed by atoms with Crippen LogP contribution in [0.15, 0.2) is 42.5 Å². The van der Waals surface area contributed by atoms with Crippen molar-refractivity contribution in [2.45, 2.75) is 58.5 Å². The number of rotatable bonds is 12. The van der Waals surface area contributed by atoms with Crippen LogP contribution in [0.4, 0.5) is 24.5 Å². The summed E-state index contributed by atoms with van der Waals surface area (Å²) in [5.74, 6) is -2.10. The Morgan fingerprint density at radius 3 is 2.23 bits per heavy atom. The molecule has 0 saturated heterocycles. The fraction of sp³-hybridized carbons (Fsp3) is 0.500. The third-order valence-electron chi connectivity index (χ3n) is 8.19. The first-order chi connectivity index (χ1) is 20.1. The highest BCUT2D eigenvalue weighted by Gasteiger charge is 2.40. The first kappa shape index (κ1) is 34.3. The maximum absolute atomic E-state index is 13.6. The van der Waals surface area contributed by atoms with E-state index in [0.717, 1.165) is 47.8 Å². The number of nitro groups is 1. The molecular formula is C30H35F3IN3O6. The lowest BCUT2D eigenvalue weighted by atomic mass is 9.66. The molecule has 3 rings (SSSR count). The Bertz CT molecular complexity index is 1330. The summed E-state index contributed by atoms with van der Waals surface area (Å²) < 4.78 is 41.6. The highest BCUT2D eigenvalue weighted by Crippen LogP contribution is 2.44. The van der Waals surface area contributed by atoms with Gasteiger partial charge in [0.25, 0.3) is 11.6 Å². The van der Waals surface area contributed by atoms with Crippen molar-refractivity contribution in [3.8, 4) is 0 Å². The second-order valence-corrected chi connectivity index (χ2v) is 12.4. The normalized spacial score (nSPS) is 18.0. The molecule has 1 unspecified atom stereocenters. The highest BCUT2D eigenvalue weighted by atomic mass is 127. The molecule has 0 spiro atoms. The number of halogens is 4. The summed E-state index contributed by atoms with van der Waals surface area (Å²) in [6.07, 6.45) is -1.56. The van der Waals surface area contributed by atoms with Crippen LogP contribution in [-0.4, -0.2) is 38.8 Å². The molecule has 2 aromatic carbocycles. The molecule has 13 heteroatoms. The molecule has 2 aromatic rings. The van der Waals surface area contributed by atoms with Crippen molar-refractivity contribution in [1.29, 1.82) is 0 Å². The maximum Gasteiger partial charge on any atom is 0.423 e. The average molecular weight is 718 g/mol. The fourth-order valence-corrected chi connectivity index (χ4v) is 6.17. The predicted molar refractivity (Wildman–Crippen MR) is 163 cm³/mol. The number of carboxylic acids is 1. The maximum atomic E-state index is 13.6. The summed E-state index contributed by atoms with van der Waals surface area (Å²) in [5, 5.41) is 25.0. The zero-order chi connectivity index (χ0) is 31.9. The van der Waals surface area contributed by atoms with Gasteiger partial charge in [0.1, 0.15) is 5.56 Å². The molecule has 9 nitrogen and oxygen atoms in total. The van der Waals surface area contributed by atoms with Crippen LogP contribution >= 0.6 is 22.6 Å². The Morgan fingerprint density at radius 1 is 1.07 bits per heavy atom. The minimum Gasteiger partial charge on any atom is -0.481 e. The summed E-state index contributed by atoms with van der Waals surface area (Å²) in [7, 11) is 0. The van der Waals surface area contributed by atoms with Gasteiger partial charge in [-0.1, -0.05) is 48.6 Å². The van der Waals surface area contributed by atoms with E-state index in [1.807, 2.05) is 0 Å². The largest absolute Gasteiger partial charge is 0.481 e. The van der Waals surface area contributed by atoms with E-state index >= 15 is 0 Å². The molecule has 1 saturated carbocycles. The molecule has 1 fully saturated rings. The third-order valence-corrected chi connectivity index (χ3v) is 10.2. The molecule has 3 N–H and O–H groups in total. The van der Waals surface area contributed by atoms with E-state index in [1.54, 1.807) is 24.3 Å². The van der Waals surface area contributed by atoms with Crippen LogP contribution in [0, 0.1) is 33.3 Å². The molecule has 0 bridgehead atoms. The van der Waals surface area contributed by atoms with E-state index in [9.17, 15) is 37.7 Å². The van der Waals surface area contributed by atoms with Gasteiger partial charge in [-0.05, 0) is 79.2 Å². The molecular weight excluding hydrogens is 682 g/mol. The van der Waals surface area contributed by atoms with E-state index in [1.165, 1.54) is 0 Å². The van der Waals surface area contributed by atoms with E-state index < -0.39 is 46.1 Å². The van der Waals surface area contributed by atoms with Gasteiger partial charge in [-0.3, -0.25) is 24.5 Å². The van der Waals surface area contributed by atoms with Gasteiger partial charge in [0.2, 0.25) is 5.91 Å². The molecule has 234 valence electrons. The smallest absolute Gasteiger partial charge is 0.423 e. The lowest BCUT2D eigenvalue weighted by Crippen LogP contribution is -2.36. The number of amides is 2. The summed E-state index contributed by atoms with van der Waals surface area (Å²) in [6, 6.07) is 8.98. The molecule has 0 radical (unpaired) electrons. The molecule has 2 amide bonds. The Hall–Kier alpha value is -3.23. The van der Waals surface area contributed by atoms with Crippen molar-refractivity contribution < 1.29 is 37.6 Å². The first-order valence-corrected chi connectivity index (χ1v) is 15.5. The highest BCUT2D eigenvalue weighted by molar-refractivity contribution is 14.1. The zero-order valence-electron chi connectivity index (χ0n) is 23.9. The van der Waals surface area contributed by atoms with E-state index in [-0.39, 0.29) is 36.4 Å². The van der Waals surface area contributed by atoms with Gasteiger partial charge in [0.15, 0.2) is 0 Å². The SMILES string of the molecule is CC(C)(CI)C1CCC(C(Cc2ccc(C(=O)NCCC(=O)O)cc2)C(=O)Nc2ccc([N+](=O)[O-])c(C(F)(F)F)c2)CC1. The molecule has 0 heterocycles. The lowest BCUT2D eigenvalue weighted by Gasteiger charge is -2.40. The van der Waals surface area contributed by atoms with Crippen molar-refractivity contribution in [1.82, 2.24) is 5.32 Å².